The molecule has 7 nitrogen and oxygen atoms in total. The van der Waals surface area contributed by atoms with Crippen LogP contribution in [0.2, 0.25) is 0 Å². The fraction of sp³-hybridized carbons (Fsp3) is 0.292. The summed E-state index contributed by atoms with van der Waals surface area (Å²) in [5, 5.41) is 9.82. The third kappa shape index (κ3) is 4.30. The number of aryl methyl sites for hydroxylation is 1. The van der Waals surface area contributed by atoms with E-state index in [1.54, 1.807) is 13.4 Å². The molecule has 0 aliphatic carbocycles. The van der Waals surface area contributed by atoms with Crippen LogP contribution < -0.4 is 4.74 Å². The highest BCUT2D eigenvalue weighted by atomic mass is 16.5. The maximum Gasteiger partial charge on any atom is 0.326 e. The van der Waals surface area contributed by atoms with Crippen molar-refractivity contribution in [1.82, 2.24) is 14.5 Å². The molecule has 1 amide bonds. The number of benzene rings is 2. The predicted molar refractivity (Wildman–Crippen MR) is 115 cm³/mol. The molecule has 0 saturated carbocycles. The fourth-order valence-corrected chi connectivity index (χ4v) is 4.11. The average Bonchev–Trinajstić information content (AvgIpc) is 3.15. The van der Waals surface area contributed by atoms with Gasteiger partial charge in [0.15, 0.2) is 0 Å². The van der Waals surface area contributed by atoms with Crippen LogP contribution in [0.15, 0.2) is 54.9 Å². The normalized spacial score (nSPS) is 15.4. The van der Waals surface area contributed by atoms with Crippen LogP contribution in [0.25, 0.3) is 0 Å². The van der Waals surface area contributed by atoms with Crippen LogP contribution in [0.5, 0.6) is 5.75 Å². The van der Waals surface area contributed by atoms with Gasteiger partial charge in [0.1, 0.15) is 11.8 Å². The lowest BCUT2D eigenvalue weighted by molar-refractivity contribution is -0.151. The molecule has 31 heavy (non-hydrogen) atoms. The zero-order valence-electron chi connectivity index (χ0n) is 17.6. The summed E-state index contributed by atoms with van der Waals surface area (Å²) in [7, 11) is 1.64. The van der Waals surface area contributed by atoms with E-state index in [2.05, 4.69) is 11.1 Å². The number of imidazole rings is 1. The first kappa shape index (κ1) is 20.7. The monoisotopic (exact) mass is 419 g/mol. The number of ether oxygens (including phenoxy) is 1. The molecule has 2 aromatic carbocycles. The van der Waals surface area contributed by atoms with Crippen LogP contribution in [0.3, 0.4) is 0 Å². The Balaban J connectivity index is 1.56. The SMILES string of the molecule is COc1ccc(Cn2cnc3c2C[C@@H](C(=O)O)N(C(=O)Cc2ccccc2)C3)cc1C. The number of carbonyl (C=O) groups excluding carboxylic acids is 1. The molecule has 4 rings (SSSR count). The lowest BCUT2D eigenvalue weighted by Gasteiger charge is -2.33. The number of aromatic nitrogens is 2. The molecule has 1 atom stereocenters. The van der Waals surface area contributed by atoms with E-state index in [4.69, 9.17) is 4.74 Å². The molecule has 1 aliphatic rings. The maximum absolute atomic E-state index is 12.9. The largest absolute Gasteiger partial charge is 0.496 e. The first-order valence-corrected chi connectivity index (χ1v) is 10.2. The second kappa shape index (κ2) is 8.63. The number of carboxylic acids is 1. The number of hydrogen-bond donors (Lipinski definition) is 1. The van der Waals surface area contributed by atoms with Gasteiger partial charge in [0.2, 0.25) is 5.91 Å². The highest BCUT2D eigenvalue weighted by molar-refractivity contribution is 5.85. The smallest absolute Gasteiger partial charge is 0.326 e. The summed E-state index contributed by atoms with van der Waals surface area (Å²) in [6.07, 6.45) is 2.14. The molecule has 1 N–H and O–H groups in total. The summed E-state index contributed by atoms with van der Waals surface area (Å²) < 4.78 is 7.30. The van der Waals surface area contributed by atoms with Gasteiger partial charge >= 0.3 is 5.97 Å². The van der Waals surface area contributed by atoms with Gasteiger partial charge in [-0.15, -0.1) is 0 Å². The van der Waals surface area contributed by atoms with E-state index in [0.717, 1.165) is 33.8 Å². The van der Waals surface area contributed by atoms with Gasteiger partial charge in [-0.25, -0.2) is 9.78 Å². The highest BCUT2D eigenvalue weighted by Gasteiger charge is 2.36. The number of amides is 1. The van der Waals surface area contributed by atoms with Crippen LogP contribution in [0, 0.1) is 6.92 Å². The number of fused-ring (bicyclic) bond motifs is 1. The third-order valence-electron chi connectivity index (χ3n) is 5.73. The van der Waals surface area contributed by atoms with Crippen LogP contribution in [0.1, 0.15) is 28.1 Å². The summed E-state index contributed by atoms with van der Waals surface area (Å²) in [5.74, 6) is -0.375. The lowest BCUT2D eigenvalue weighted by Crippen LogP contribution is -2.49. The highest BCUT2D eigenvalue weighted by Crippen LogP contribution is 2.26. The van der Waals surface area contributed by atoms with Crippen molar-refractivity contribution < 1.29 is 19.4 Å². The van der Waals surface area contributed by atoms with Gasteiger partial charge in [-0.2, -0.15) is 0 Å². The van der Waals surface area contributed by atoms with E-state index in [1.165, 1.54) is 4.90 Å². The standard InChI is InChI=1S/C24H25N3O4/c1-16-10-18(8-9-22(16)31-2)13-26-15-25-19-14-27(21(24(29)30)12-20(19)26)23(28)11-17-6-4-3-5-7-17/h3-10,15,21H,11-14H2,1-2H3,(H,29,30)/t21-/m0/s1. The molecule has 0 fully saturated rings. The quantitative estimate of drug-likeness (QED) is 0.664. The topological polar surface area (TPSA) is 84.7 Å². The molecule has 1 aliphatic heterocycles. The average molecular weight is 419 g/mol. The summed E-state index contributed by atoms with van der Waals surface area (Å²) >= 11 is 0. The number of hydrogen-bond acceptors (Lipinski definition) is 4. The summed E-state index contributed by atoms with van der Waals surface area (Å²) in [6, 6.07) is 14.4. The van der Waals surface area contributed by atoms with Crippen molar-refractivity contribution >= 4 is 11.9 Å². The number of carboxylic acid groups (broad SMARTS) is 1. The van der Waals surface area contributed by atoms with Gasteiger partial charge in [-0.05, 0) is 29.7 Å². The molecule has 0 saturated heterocycles. The van der Waals surface area contributed by atoms with Gasteiger partial charge in [0.25, 0.3) is 0 Å². The van der Waals surface area contributed by atoms with Crippen molar-refractivity contribution in [3.63, 3.8) is 0 Å². The van der Waals surface area contributed by atoms with E-state index >= 15 is 0 Å². The van der Waals surface area contributed by atoms with Gasteiger partial charge in [-0.3, -0.25) is 4.79 Å². The maximum atomic E-state index is 12.9. The molecule has 2 heterocycles. The molecule has 3 aromatic rings. The van der Waals surface area contributed by atoms with Crippen molar-refractivity contribution in [2.24, 2.45) is 0 Å². The molecule has 1 aromatic heterocycles. The predicted octanol–water partition coefficient (Wildman–Crippen LogP) is 2.83. The number of rotatable bonds is 6. The van der Waals surface area contributed by atoms with Crippen molar-refractivity contribution in [2.45, 2.75) is 38.9 Å². The Bertz CT molecular complexity index is 1110. The number of aliphatic carboxylic acids is 1. The lowest BCUT2D eigenvalue weighted by atomic mass is 10.0. The molecular formula is C24H25N3O4. The Kier molecular flexibility index (Phi) is 5.75. The summed E-state index contributed by atoms with van der Waals surface area (Å²) in [6.45, 7) is 2.77. The molecule has 7 heteroatoms. The zero-order valence-corrected chi connectivity index (χ0v) is 17.6. The van der Waals surface area contributed by atoms with Gasteiger partial charge in [0.05, 0.1) is 32.1 Å². The first-order valence-electron chi connectivity index (χ1n) is 10.2. The van der Waals surface area contributed by atoms with Crippen molar-refractivity contribution in [3.05, 3.63) is 82.9 Å². The molecule has 160 valence electrons. The van der Waals surface area contributed by atoms with Crippen LogP contribution in [-0.2, 0) is 35.5 Å². The Morgan fingerprint density at radius 2 is 1.94 bits per heavy atom. The fourth-order valence-electron chi connectivity index (χ4n) is 4.11. The Hall–Kier alpha value is -3.61. The van der Waals surface area contributed by atoms with Crippen LogP contribution in [0.4, 0.5) is 0 Å². The molecule has 0 unspecified atom stereocenters. The van der Waals surface area contributed by atoms with Crippen LogP contribution >= 0.6 is 0 Å². The van der Waals surface area contributed by atoms with Crippen molar-refractivity contribution in [3.8, 4) is 5.75 Å². The van der Waals surface area contributed by atoms with Crippen LogP contribution in [-0.4, -0.2) is 44.6 Å². The minimum absolute atomic E-state index is 0.172. The molecule has 0 spiro atoms. The molecule has 0 bridgehead atoms. The van der Waals surface area contributed by atoms with E-state index in [9.17, 15) is 14.7 Å². The second-order valence-corrected chi connectivity index (χ2v) is 7.81. The third-order valence-corrected chi connectivity index (χ3v) is 5.73. The second-order valence-electron chi connectivity index (χ2n) is 7.81. The number of nitrogens with zero attached hydrogens (tertiary/aromatic N) is 3. The first-order chi connectivity index (χ1) is 15.0. The summed E-state index contributed by atoms with van der Waals surface area (Å²) in [5.41, 5.74) is 4.60. The Labute approximate surface area is 180 Å². The Morgan fingerprint density at radius 3 is 2.61 bits per heavy atom. The zero-order chi connectivity index (χ0) is 22.0. The minimum atomic E-state index is -1.000. The number of carbonyl (C=O) groups is 2. The van der Waals surface area contributed by atoms with E-state index < -0.39 is 12.0 Å². The van der Waals surface area contributed by atoms with E-state index in [0.29, 0.717) is 6.54 Å². The minimum Gasteiger partial charge on any atom is -0.496 e. The van der Waals surface area contributed by atoms with Crippen molar-refractivity contribution in [2.75, 3.05) is 7.11 Å². The molecular weight excluding hydrogens is 394 g/mol. The van der Waals surface area contributed by atoms with Gasteiger partial charge < -0.3 is 19.3 Å². The summed E-state index contributed by atoms with van der Waals surface area (Å²) in [4.78, 5) is 30.8. The van der Waals surface area contributed by atoms with E-state index in [1.807, 2.05) is 54.0 Å². The number of methoxy groups -OCH3 is 1. The van der Waals surface area contributed by atoms with Gasteiger partial charge in [-0.1, -0.05) is 42.5 Å². The van der Waals surface area contributed by atoms with Crippen molar-refractivity contribution in [1.29, 1.82) is 0 Å². The molecule has 0 radical (unpaired) electrons. The Morgan fingerprint density at radius 1 is 1.16 bits per heavy atom. The van der Waals surface area contributed by atoms with E-state index in [-0.39, 0.29) is 25.3 Å². The van der Waals surface area contributed by atoms with Gasteiger partial charge in [0, 0.05) is 18.7 Å².